The summed E-state index contributed by atoms with van der Waals surface area (Å²) < 4.78 is 5.42. The third-order valence-corrected chi connectivity index (χ3v) is 6.30. The van der Waals surface area contributed by atoms with Gasteiger partial charge in [0.05, 0.1) is 0 Å². The zero-order valence-corrected chi connectivity index (χ0v) is 26.4. The van der Waals surface area contributed by atoms with Gasteiger partial charge in [-0.3, -0.25) is 14.4 Å². The van der Waals surface area contributed by atoms with Gasteiger partial charge in [-0.1, -0.05) is 37.6 Å². The average molecular weight is 561 g/mol. The molecule has 226 valence electrons. The minimum absolute atomic E-state index is 0.0265. The van der Waals surface area contributed by atoms with Crippen LogP contribution in [0, 0.1) is 19.8 Å². The Balaban J connectivity index is 3.75. The number of benzene rings is 1. The van der Waals surface area contributed by atoms with Crippen molar-refractivity contribution in [1.82, 2.24) is 15.5 Å². The van der Waals surface area contributed by atoms with Gasteiger partial charge < -0.3 is 26.0 Å². The molecule has 0 aliphatic carbocycles. The van der Waals surface area contributed by atoms with Crippen LogP contribution >= 0.6 is 0 Å². The van der Waals surface area contributed by atoms with Crippen LogP contribution in [-0.4, -0.2) is 51.9 Å². The van der Waals surface area contributed by atoms with E-state index in [-0.39, 0.29) is 24.8 Å². The topological polar surface area (TPSA) is 131 Å². The summed E-state index contributed by atoms with van der Waals surface area (Å²) in [6.45, 7) is 20.8. The highest BCUT2D eigenvalue weighted by atomic mass is 16.6. The second-order valence-corrected chi connectivity index (χ2v) is 13.3. The lowest BCUT2D eigenvalue weighted by Crippen LogP contribution is -2.57. The molecule has 0 saturated carbocycles. The summed E-state index contributed by atoms with van der Waals surface area (Å²) in [4.78, 5) is 54.5. The van der Waals surface area contributed by atoms with E-state index in [4.69, 9.17) is 10.5 Å². The maximum atomic E-state index is 14.4. The van der Waals surface area contributed by atoms with Gasteiger partial charge in [0, 0.05) is 18.0 Å². The fourth-order valence-corrected chi connectivity index (χ4v) is 4.47. The number of carbonyl (C=O) groups excluding carboxylic acids is 4. The number of ether oxygens (including phenoxy) is 1. The molecule has 0 bridgehead atoms. The van der Waals surface area contributed by atoms with E-state index in [9.17, 15) is 19.2 Å². The van der Waals surface area contributed by atoms with E-state index >= 15 is 0 Å². The van der Waals surface area contributed by atoms with Crippen molar-refractivity contribution in [2.24, 2.45) is 11.7 Å². The minimum atomic E-state index is -1.13. The standard InChI is InChI=1S/C31H52N4O5/c1-19(2)12-14-22(5)35(28(38)24(16-17-25(32)36)33-29(39)40-31(9,10)11)26(27(37)34-30(6,7)8)23-15-13-20(3)18-21(23)4/h13,15,18-19,22,24,26H,12,14,16-17H2,1-11H3,(H2,32,36)(H,33,39)(H,34,37). The van der Waals surface area contributed by atoms with Crippen molar-refractivity contribution in [3.63, 3.8) is 0 Å². The molecule has 4 N–H and O–H groups in total. The van der Waals surface area contributed by atoms with E-state index in [1.54, 1.807) is 25.7 Å². The number of hydrogen-bond donors (Lipinski definition) is 3. The molecular formula is C31H52N4O5. The Kier molecular flexibility index (Phi) is 12.7. The van der Waals surface area contributed by atoms with Crippen LogP contribution in [0.3, 0.4) is 0 Å². The summed E-state index contributed by atoms with van der Waals surface area (Å²) in [7, 11) is 0. The molecule has 4 amide bonds. The highest BCUT2D eigenvalue weighted by Gasteiger charge is 2.40. The summed E-state index contributed by atoms with van der Waals surface area (Å²) in [5, 5.41) is 5.71. The highest BCUT2D eigenvalue weighted by Crippen LogP contribution is 2.31. The molecule has 0 aromatic heterocycles. The van der Waals surface area contributed by atoms with Crippen LogP contribution in [0.1, 0.15) is 111 Å². The molecule has 1 aromatic rings. The molecule has 3 unspecified atom stereocenters. The SMILES string of the molecule is Cc1ccc(C(C(=O)NC(C)(C)C)N(C(=O)C(CCC(N)=O)NC(=O)OC(C)(C)C)C(C)CCC(C)C)c(C)c1. The molecule has 0 aliphatic heterocycles. The molecule has 0 aliphatic rings. The first-order valence-corrected chi connectivity index (χ1v) is 14.2. The predicted molar refractivity (Wildman–Crippen MR) is 159 cm³/mol. The second-order valence-electron chi connectivity index (χ2n) is 13.3. The fraction of sp³-hybridized carbons (Fsp3) is 0.677. The van der Waals surface area contributed by atoms with Gasteiger partial charge in [-0.25, -0.2) is 4.79 Å². The first kappa shape index (κ1) is 34.9. The zero-order chi connectivity index (χ0) is 31.0. The van der Waals surface area contributed by atoms with Crippen LogP contribution in [0.25, 0.3) is 0 Å². The summed E-state index contributed by atoms with van der Waals surface area (Å²) >= 11 is 0. The van der Waals surface area contributed by atoms with Gasteiger partial charge in [0.15, 0.2) is 0 Å². The first-order chi connectivity index (χ1) is 18.2. The van der Waals surface area contributed by atoms with Crippen LogP contribution in [0.5, 0.6) is 0 Å². The van der Waals surface area contributed by atoms with Crippen molar-refractivity contribution in [3.05, 3.63) is 34.9 Å². The molecule has 9 heteroatoms. The van der Waals surface area contributed by atoms with Crippen LogP contribution in [0.2, 0.25) is 0 Å². The Hall–Kier alpha value is -3.10. The highest BCUT2D eigenvalue weighted by molar-refractivity contribution is 5.93. The van der Waals surface area contributed by atoms with Crippen molar-refractivity contribution in [1.29, 1.82) is 0 Å². The lowest BCUT2D eigenvalue weighted by Gasteiger charge is -2.40. The fourth-order valence-electron chi connectivity index (χ4n) is 4.47. The van der Waals surface area contributed by atoms with Crippen LogP contribution < -0.4 is 16.4 Å². The lowest BCUT2D eigenvalue weighted by molar-refractivity contribution is -0.146. The quantitative estimate of drug-likeness (QED) is 0.328. The number of aryl methyl sites for hydroxylation is 2. The van der Waals surface area contributed by atoms with Crippen molar-refractivity contribution in [2.75, 3.05) is 0 Å². The predicted octanol–water partition coefficient (Wildman–Crippen LogP) is 5.07. The normalized spacial score (nSPS) is 14.2. The van der Waals surface area contributed by atoms with Crippen molar-refractivity contribution in [3.8, 4) is 0 Å². The monoisotopic (exact) mass is 560 g/mol. The smallest absolute Gasteiger partial charge is 0.408 e. The van der Waals surface area contributed by atoms with Crippen LogP contribution in [0.4, 0.5) is 4.79 Å². The van der Waals surface area contributed by atoms with E-state index in [1.807, 2.05) is 59.7 Å². The summed E-state index contributed by atoms with van der Waals surface area (Å²) in [6, 6.07) is 3.34. The van der Waals surface area contributed by atoms with Crippen LogP contribution in [0.15, 0.2) is 18.2 Å². The number of nitrogens with two attached hydrogens (primary N) is 1. The molecule has 0 radical (unpaired) electrons. The Morgan fingerprint density at radius 1 is 0.950 bits per heavy atom. The van der Waals surface area contributed by atoms with Gasteiger partial charge in [0.25, 0.3) is 0 Å². The van der Waals surface area contributed by atoms with Gasteiger partial charge in [-0.05, 0) is 98.6 Å². The molecule has 1 rings (SSSR count). The lowest BCUT2D eigenvalue weighted by atomic mass is 9.92. The van der Waals surface area contributed by atoms with E-state index in [1.165, 1.54) is 0 Å². The number of alkyl carbamates (subject to hydrolysis) is 1. The summed E-state index contributed by atoms with van der Waals surface area (Å²) in [6.07, 6.45) is 0.538. The zero-order valence-electron chi connectivity index (χ0n) is 26.4. The number of amides is 4. The average Bonchev–Trinajstić information content (AvgIpc) is 2.76. The Morgan fingerprint density at radius 3 is 2.02 bits per heavy atom. The van der Waals surface area contributed by atoms with Gasteiger partial charge in [0.1, 0.15) is 17.7 Å². The molecule has 9 nitrogen and oxygen atoms in total. The molecule has 0 heterocycles. The maximum absolute atomic E-state index is 14.4. The van der Waals surface area contributed by atoms with Crippen LogP contribution in [-0.2, 0) is 19.1 Å². The van der Waals surface area contributed by atoms with Crippen molar-refractivity contribution in [2.45, 2.75) is 131 Å². The third-order valence-electron chi connectivity index (χ3n) is 6.30. The minimum Gasteiger partial charge on any atom is -0.444 e. The molecule has 40 heavy (non-hydrogen) atoms. The molecule has 1 aromatic carbocycles. The van der Waals surface area contributed by atoms with Crippen molar-refractivity contribution >= 4 is 23.8 Å². The van der Waals surface area contributed by atoms with E-state index in [0.717, 1.165) is 17.5 Å². The second kappa shape index (κ2) is 14.5. The number of primary amides is 1. The van der Waals surface area contributed by atoms with E-state index in [2.05, 4.69) is 24.5 Å². The number of hydrogen-bond acceptors (Lipinski definition) is 5. The van der Waals surface area contributed by atoms with Crippen molar-refractivity contribution < 1.29 is 23.9 Å². The summed E-state index contributed by atoms with van der Waals surface area (Å²) in [5.74, 6) is -1.01. The number of rotatable bonds is 12. The Morgan fingerprint density at radius 2 is 1.55 bits per heavy atom. The molecule has 3 atom stereocenters. The van der Waals surface area contributed by atoms with E-state index in [0.29, 0.717) is 17.9 Å². The van der Waals surface area contributed by atoms with Gasteiger partial charge in [0.2, 0.25) is 17.7 Å². The molecular weight excluding hydrogens is 508 g/mol. The first-order valence-electron chi connectivity index (χ1n) is 14.2. The number of nitrogens with zero attached hydrogens (tertiary/aromatic N) is 1. The molecule has 0 spiro atoms. The maximum Gasteiger partial charge on any atom is 0.408 e. The Labute approximate surface area is 241 Å². The number of carbonyl (C=O) groups is 4. The molecule has 0 fully saturated rings. The Bertz CT molecular complexity index is 1040. The molecule has 0 saturated heterocycles. The van der Waals surface area contributed by atoms with E-state index < -0.39 is 41.1 Å². The largest absolute Gasteiger partial charge is 0.444 e. The van der Waals surface area contributed by atoms with Gasteiger partial charge >= 0.3 is 6.09 Å². The van der Waals surface area contributed by atoms with Gasteiger partial charge in [-0.2, -0.15) is 0 Å². The summed E-state index contributed by atoms with van der Waals surface area (Å²) in [5.41, 5.74) is 6.68. The number of nitrogens with one attached hydrogen (secondary N) is 2. The third kappa shape index (κ3) is 12.0. The van der Waals surface area contributed by atoms with Gasteiger partial charge in [-0.15, -0.1) is 0 Å².